The van der Waals surface area contributed by atoms with Crippen LogP contribution in [0.15, 0.2) is 0 Å². The van der Waals surface area contributed by atoms with Crippen molar-refractivity contribution in [1.29, 1.82) is 0 Å². The molecule has 0 aromatic carbocycles. The second-order valence-electron chi connectivity index (χ2n) is 30.5. The molecule has 0 saturated heterocycles. The Kier molecular flexibility index (Phi) is 77.1. The van der Waals surface area contributed by atoms with Gasteiger partial charge in [-0.15, -0.1) is 0 Å². The zero-order valence-corrected chi connectivity index (χ0v) is 66.7. The fourth-order valence-corrected chi connectivity index (χ4v) is 14.0. The van der Waals surface area contributed by atoms with Crippen LogP contribution in [0.25, 0.3) is 0 Å². The van der Waals surface area contributed by atoms with E-state index in [1.807, 2.05) is 0 Å². The number of nitrogens with zero attached hydrogens (tertiary/aromatic N) is 2. The maximum absolute atomic E-state index is 13.2. The summed E-state index contributed by atoms with van der Waals surface area (Å²) in [5.41, 5.74) is 0. The summed E-state index contributed by atoms with van der Waals surface area (Å²) in [5, 5.41) is 12.0. The van der Waals surface area contributed by atoms with Crippen molar-refractivity contribution in [2.45, 2.75) is 484 Å². The Morgan fingerprint density at radius 3 is 0.694 bits per heavy atom. The van der Waals surface area contributed by atoms with Gasteiger partial charge in [0.15, 0.2) is 0 Å². The molecule has 11 heteroatoms. The van der Waals surface area contributed by atoms with Crippen molar-refractivity contribution in [2.75, 3.05) is 52.5 Å². The van der Waals surface area contributed by atoms with E-state index in [9.17, 15) is 24.3 Å². The topological polar surface area (TPSA) is 132 Å². The monoisotopic (exact) mass is 1390 g/mol. The standard InChI is InChI=1S/C87H170N2O9/c1-7-13-19-25-31-33-35-47-63-77-95-84(91)69-57-49-61-75-88(73-59-45-37-43-55-71-86(93)97-82(65-51-39-27-21-15-9-3)66-52-40-28-22-16-10-4)79-81(90)80-89(76-62-50-58-70-85(92)96-78-64-48-36-34-32-26-20-14-8-2)74-60-46-38-44-56-72-87(94)98-83(67-53-41-29-23-17-11-5)68-54-42-30-24-18-12-6/h81-83,90H,7-80H2,1-6H3. The molecule has 0 atom stereocenters. The molecule has 0 aromatic heterocycles. The van der Waals surface area contributed by atoms with Gasteiger partial charge in [-0.05, 0) is 142 Å². The molecule has 0 rings (SSSR count). The third-order valence-electron chi connectivity index (χ3n) is 20.5. The Bertz CT molecular complexity index is 1500. The minimum Gasteiger partial charge on any atom is -0.466 e. The van der Waals surface area contributed by atoms with Gasteiger partial charge < -0.3 is 33.9 Å². The lowest BCUT2D eigenvalue weighted by Gasteiger charge is -2.29. The lowest BCUT2D eigenvalue weighted by molar-refractivity contribution is -0.151. The number of ether oxygens (including phenoxy) is 4. The van der Waals surface area contributed by atoms with Gasteiger partial charge in [0.05, 0.1) is 19.3 Å². The number of carbonyl (C=O) groups is 4. The number of aliphatic hydroxyl groups is 1. The maximum atomic E-state index is 13.2. The lowest BCUT2D eigenvalue weighted by atomic mass is 10.0. The van der Waals surface area contributed by atoms with Gasteiger partial charge in [-0.1, -0.05) is 324 Å². The maximum Gasteiger partial charge on any atom is 0.306 e. The van der Waals surface area contributed by atoms with Gasteiger partial charge in [-0.2, -0.15) is 0 Å². The van der Waals surface area contributed by atoms with Gasteiger partial charge in [0.25, 0.3) is 0 Å². The summed E-state index contributed by atoms with van der Waals surface area (Å²) in [4.78, 5) is 56.8. The molecular weight excluding hydrogens is 1220 g/mol. The molecule has 1 N–H and O–H groups in total. The quantitative estimate of drug-likeness (QED) is 0.0355. The Labute approximate surface area is 610 Å². The highest BCUT2D eigenvalue weighted by atomic mass is 16.6. The average Bonchev–Trinajstić information content (AvgIpc) is 2.06. The molecule has 0 amide bonds. The average molecular weight is 1390 g/mol. The predicted octanol–water partition coefficient (Wildman–Crippen LogP) is 25.7. The fourth-order valence-electron chi connectivity index (χ4n) is 14.0. The van der Waals surface area contributed by atoms with Gasteiger partial charge in [-0.25, -0.2) is 0 Å². The number of carbonyl (C=O) groups excluding carboxylic acids is 4. The van der Waals surface area contributed by atoms with Crippen LogP contribution in [0.3, 0.4) is 0 Å². The number of hydrogen-bond donors (Lipinski definition) is 1. The molecule has 0 aliphatic heterocycles. The van der Waals surface area contributed by atoms with Crippen molar-refractivity contribution in [3.05, 3.63) is 0 Å². The van der Waals surface area contributed by atoms with Crippen LogP contribution in [0, 0.1) is 0 Å². The number of esters is 4. The van der Waals surface area contributed by atoms with E-state index in [-0.39, 0.29) is 36.1 Å². The van der Waals surface area contributed by atoms with E-state index >= 15 is 0 Å². The number of hydrogen-bond acceptors (Lipinski definition) is 11. The fraction of sp³-hybridized carbons (Fsp3) is 0.954. The van der Waals surface area contributed by atoms with Crippen LogP contribution in [0.2, 0.25) is 0 Å². The summed E-state index contributed by atoms with van der Waals surface area (Å²) in [6, 6.07) is 0. The van der Waals surface area contributed by atoms with Crippen LogP contribution in [0.1, 0.15) is 465 Å². The van der Waals surface area contributed by atoms with Crippen LogP contribution in [0.4, 0.5) is 0 Å². The van der Waals surface area contributed by atoms with Crippen LogP contribution in [0.5, 0.6) is 0 Å². The Balaban J connectivity index is 5.69. The van der Waals surface area contributed by atoms with Crippen molar-refractivity contribution in [3.63, 3.8) is 0 Å². The molecule has 0 spiro atoms. The third-order valence-corrected chi connectivity index (χ3v) is 20.5. The Morgan fingerprint density at radius 1 is 0.245 bits per heavy atom. The first kappa shape index (κ1) is 95.8. The van der Waals surface area contributed by atoms with E-state index in [2.05, 4.69) is 51.3 Å². The minimum atomic E-state index is -0.504. The second kappa shape index (κ2) is 78.9. The molecule has 0 radical (unpaired) electrons. The van der Waals surface area contributed by atoms with Crippen LogP contribution in [-0.4, -0.2) is 110 Å². The highest BCUT2D eigenvalue weighted by molar-refractivity contribution is 5.70. The minimum absolute atomic E-state index is 0.0116. The summed E-state index contributed by atoms with van der Waals surface area (Å²) in [7, 11) is 0. The van der Waals surface area contributed by atoms with E-state index in [1.165, 1.54) is 218 Å². The smallest absolute Gasteiger partial charge is 0.306 e. The number of unbranched alkanes of at least 4 members (excludes halogenated alkanes) is 48. The number of aliphatic hydroxyl groups excluding tert-OH is 1. The molecule has 0 aliphatic rings. The first-order valence-corrected chi connectivity index (χ1v) is 43.9. The molecule has 582 valence electrons. The Morgan fingerprint density at radius 2 is 0.439 bits per heavy atom. The molecular formula is C87H170N2O9. The Hall–Kier alpha value is -2.24. The molecule has 0 bridgehead atoms. The van der Waals surface area contributed by atoms with Gasteiger partial charge in [0, 0.05) is 38.8 Å². The van der Waals surface area contributed by atoms with E-state index in [0.717, 1.165) is 206 Å². The molecule has 0 aliphatic carbocycles. The van der Waals surface area contributed by atoms with Crippen molar-refractivity contribution in [2.24, 2.45) is 0 Å². The summed E-state index contributed by atoms with van der Waals surface area (Å²) in [5.74, 6) is -0.168. The normalized spacial score (nSPS) is 11.8. The summed E-state index contributed by atoms with van der Waals surface area (Å²) in [6.07, 6.45) is 73.9. The molecule has 0 saturated carbocycles. The van der Waals surface area contributed by atoms with Gasteiger partial charge in [0.1, 0.15) is 12.2 Å². The molecule has 0 fully saturated rings. The first-order chi connectivity index (χ1) is 48.1. The third kappa shape index (κ3) is 72.1. The molecule has 0 unspecified atom stereocenters. The zero-order chi connectivity index (χ0) is 71.4. The summed E-state index contributed by atoms with van der Waals surface area (Å²) < 4.78 is 23.7. The molecule has 98 heavy (non-hydrogen) atoms. The van der Waals surface area contributed by atoms with E-state index in [1.54, 1.807) is 0 Å². The summed E-state index contributed by atoms with van der Waals surface area (Å²) >= 11 is 0. The second-order valence-corrected chi connectivity index (χ2v) is 30.5. The predicted molar refractivity (Wildman–Crippen MR) is 419 cm³/mol. The van der Waals surface area contributed by atoms with E-state index < -0.39 is 6.10 Å². The van der Waals surface area contributed by atoms with Gasteiger partial charge in [-0.3, -0.25) is 19.2 Å². The van der Waals surface area contributed by atoms with Crippen LogP contribution >= 0.6 is 0 Å². The van der Waals surface area contributed by atoms with Crippen LogP contribution < -0.4 is 0 Å². The highest BCUT2D eigenvalue weighted by Gasteiger charge is 2.19. The van der Waals surface area contributed by atoms with Crippen molar-refractivity contribution in [3.8, 4) is 0 Å². The van der Waals surface area contributed by atoms with Crippen molar-refractivity contribution >= 4 is 23.9 Å². The van der Waals surface area contributed by atoms with E-state index in [0.29, 0.717) is 52.0 Å². The molecule has 0 heterocycles. The van der Waals surface area contributed by atoms with Crippen LogP contribution in [-0.2, 0) is 38.1 Å². The first-order valence-electron chi connectivity index (χ1n) is 43.9. The number of rotatable bonds is 82. The molecule has 11 nitrogen and oxygen atoms in total. The lowest BCUT2D eigenvalue weighted by Crippen LogP contribution is -2.41. The van der Waals surface area contributed by atoms with Crippen molar-refractivity contribution in [1.82, 2.24) is 9.80 Å². The van der Waals surface area contributed by atoms with E-state index in [4.69, 9.17) is 18.9 Å². The van der Waals surface area contributed by atoms with Crippen molar-refractivity contribution < 1.29 is 43.2 Å². The molecule has 0 aromatic rings. The SMILES string of the molecule is CCCCCCCCCCCOC(=O)CCCCCN(CCCCCCCC(=O)OC(CCCCCCCC)CCCCCCCC)CC(O)CN(CCCCCCCC(=O)OC(CCCCCCCC)CCCCCCCC)CCCCCC(=O)OCCCCCCCCCCC. The van der Waals surface area contributed by atoms with Gasteiger partial charge >= 0.3 is 23.9 Å². The zero-order valence-electron chi connectivity index (χ0n) is 66.7. The summed E-state index contributed by atoms with van der Waals surface area (Å²) in [6.45, 7) is 19.5. The largest absolute Gasteiger partial charge is 0.466 e. The van der Waals surface area contributed by atoms with Gasteiger partial charge in [0.2, 0.25) is 0 Å². The highest BCUT2D eigenvalue weighted by Crippen LogP contribution is 2.22.